The van der Waals surface area contributed by atoms with Crippen LogP contribution in [0.1, 0.15) is 23.6 Å². The van der Waals surface area contributed by atoms with Gasteiger partial charge in [0.25, 0.3) is 0 Å². The van der Waals surface area contributed by atoms with Crippen LogP contribution in [0.3, 0.4) is 0 Å². The van der Waals surface area contributed by atoms with Crippen molar-refractivity contribution in [1.82, 2.24) is 10.3 Å². The molecule has 0 aliphatic rings. The average molecular weight is 271 g/mol. The lowest BCUT2D eigenvalue weighted by molar-refractivity contribution is 0.290. The zero-order valence-corrected chi connectivity index (χ0v) is 12.0. The van der Waals surface area contributed by atoms with Gasteiger partial charge in [-0.1, -0.05) is 18.2 Å². The molecule has 2 rings (SSSR count). The van der Waals surface area contributed by atoms with Crippen molar-refractivity contribution in [1.29, 1.82) is 0 Å². The number of para-hydroxylation sites is 1. The third-order valence-electron chi connectivity index (χ3n) is 3.35. The van der Waals surface area contributed by atoms with E-state index in [0.29, 0.717) is 12.4 Å². The van der Waals surface area contributed by atoms with Crippen molar-refractivity contribution in [2.45, 2.75) is 19.4 Å². The number of nitrogens with two attached hydrogens (primary N) is 1. The van der Waals surface area contributed by atoms with Crippen molar-refractivity contribution in [2.75, 3.05) is 19.4 Å². The van der Waals surface area contributed by atoms with Gasteiger partial charge in [-0.15, -0.1) is 0 Å². The number of hydrogen-bond acceptors (Lipinski definition) is 4. The summed E-state index contributed by atoms with van der Waals surface area (Å²) in [6.07, 6.45) is 2.57. The van der Waals surface area contributed by atoms with Gasteiger partial charge in [-0.05, 0) is 37.7 Å². The fourth-order valence-electron chi connectivity index (χ4n) is 2.29. The summed E-state index contributed by atoms with van der Waals surface area (Å²) in [5.41, 5.74) is 8.20. The SMILES string of the molecule is CNC(CCOc1ccccc1)c1c(C)ccnc1N. The van der Waals surface area contributed by atoms with Crippen molar-refractivity contribution in [3.05, 3.63) is 53.7 Å². The average Bonchev–Trinajstić information content (AvgIpc) is 2.46. The van der Waals surface area contributed by atoms with E-state index >= 15 is 0 Å². The van der Waals surface area contributed by atoms with E-state index < -0.39 is 0 Å². The third-order valence-corrected chi connectivity index (χ3v) is 3.35. The Morgan fingerprint density at radius 3 is 2.65 bits per heavy atom. The van der Waals surface area contributed by atoms with Gasteiger partial charge in [-0.3, -0.25) is 0 Å². The van der Waals surface area contributed by atoms with Crippen molar-refractivity contribution >= 4 is 5.82 Å². The first-order valence-corrected chi connectivity index (χ1v) is 6.78. The first-order chi connectivity index (χ1) is 9.72. The Morgan fingerprint density at radius 2 is 2.00 bits per heavy atom. The fourth-order valence-corrected chi connectivity index (χ4v) is 2.29. The minimum absolute atomic E-state index is 0.146. The molecule has 0 saturated heterocycles. The summed E-state index contributed by atoms with van der Waals surface area (Å²) in [7, 11) is 1.93. The number of nitrogen functional groups attached to an aromatic ring is 1. The topological polar surface area (TPSA) is 60.2 Å². The quantitative estimate of drug-likeness (QED) is 0.848. The number of hydrogen-bond donors (Lipinski definition) is 2. The first-order valence-electron chi connectivity index (χ1n) is 6.78. The van der Waals surface area contributed by atoms with E-state index in [2.05, 4.69) is 17.2 Å². The van der Waals surface area contributed by atoms with Gasteiger partial charge in [0.05, 0.1) is 6.61 Å². The fraction of sp³-hybridized carbons (Fsp3) is 0.312. The Hall–Kier alpha value is -2.07. The highest BCUT2D eigenvalue weighted by atomic mass is 16.5. The zero-order chi connectivity index (χ0) is 14.4. The summed E-state index contributed by atoms with van der Waals surface area (Å²) in [6, 6.07) is 11.9. The highest BCUT2D eigenvalue weighted by Crippen LogP contribution is 2.25. The second-order valence-electron chi connectivity index (χ2n) is 4.72. The van der Waals surface area contributed by atoms with E-state index in [0.717, 1.165) is 23.3 Å². The Kier molecular flexibility index (Phi) is 4.96. The van der Waals surface area contributed by atoms with Gasteiger partial charge >= 0.3 is 0 Å². The van der Waals surface area contributed by atoms with Crippen LogP contribution in [-0.2, 0) is 0 Å². The van der Waals surface area contributed by atoms with Crippen molar-refractivity contribution in [3.8, 4) is 5.75 Å². The van der Waals surface area contributed by atoms with Crippen LogP contribution < -0.4 is 15.8 Å². The molecule has 0 fully saturated rings. The molecule has 1 aromatic carbocycles. The molecule has 0 aliphatic heterocycles. The molecule has 1 aromatic heterocycles. The molecule has 0 radical (unpaired) electrons. The lowest BCUT2D eigenvalue weighted by atomic mass is 10.0. The molecule has 3 N–H and O–H groups in total. The van der Waals surface area contributed by atoms with Crippen LogP contribution in [0.4, 0.5) is 5.82 Å². The second kappa shape index (κ2) is 6.91. The lowest BCUT2D eigenvalue weighted by Crippen LogP contribution is -2.21. The second-order valence-corrected chi connectivity index (χ2v) is 4.72. The molecule has 2 aromatic rings. The van der Waals surface area contributed by atoms with Crippen molar-refractivity contribution in [2.24, 2.45) is 0 Å². The molecule has 0 bridgehead atoms. The number of ether oxygens (including phenoxy) is 1. The van der Waals surface area contributed by atoms with Crippen LogP contribution >= 0.6 is 0 Å². The minimum Gasteiger partial charge on any atom is -0.494 e. The number of rotatable bonds is 6. The van der Waals surface area contributed by atoms with Crippen LogP contribution in [0.5, 0.6) is 5.75 Å². The lowest BCUT2D eigenvalue weighted by Gasteiger charge is -2.20. The normalized spacial score (nSPS) is 12.1. The Labute approximate surface area is 120 Å². The molecular weight excluding hydrogens is 250 g/mol. The molecule has 0 aliphatic carbocycles. The summed E-state index contributed by atoms with van der Waals surface area (Å²) in [4.78, 5) is 4.17. The molecule has 4 nitrogen and oxygen atoms in total. The van der Waals surface area contributed by atoms with Gasteiger partial charge in [-0.2, -0.15) is 0 Å². The summed E-state index contributed by atoms with van der Waals surface area (Å²) in [6.45, 7) is 2.68. The highest BCUT2D eigenvalue weighted by Gasteiger charge is 2.15. The van der Waals surface area contributed by atoms with Crippen LogP contribution in [-0.4, -0.2) is 18.6 Å². The number of benzene rings is 1. The van der Waals surface area contributed by atoms with Crippen LogP contribution in [0.25, 0.3) is 0 Å². The Balaban J connectivity index is 1.99. The monoisotopic (exact) mass is 271 g/mol. The number of pyridine rings is 1. The van der Waals surface area contributed by atoms with Gasteiger partial charge in [0.1, 0.15) is 11.6 Å². The highest BCUT2D eigenvalue weighted by molar-refractivity contribution is 5.46. The molecule has 4 heteroatoms. The predicted molar refractivity (Wildman–Crippen MR) is 81.7 cm³/mol. The number of aromatic nitrogens is 1. The number of aryl methyl sites for hydroxylation is 1. The molecule has 20 heavy (non-hydrogen) atoms. The van der Waals surface area contributed by atoms with Gasteiger partial charge in [0.2, 0.25) is 0 Å². The van der Waals surface area contributed by atoms with Crippen molar-refractivity contribution in [3.63, 3.8) is 0 Å². The number of anilines is 1. The maximum Gasteiger partial charge on any atom is 0.128 e. The third kappa shape index (κ3) is 3.48. The van der Waals surface area contributed by atoms with Crippen molar-refractivity contribution < 1.29 is 4.74 Å². The van der Waals surface area contributed by atoms with Crippen LogP contribution in [0, 0.1) is 6.92 Å². The van der Waals surface area contributed by atoms with Gasteiger partial charge in [-0.25, -0.2) is 4.98 Å². The van der Waals surface area contributed by atoms with E-state index in [1.165, 1.54) is 0 Å². The standard InChI is InChI=1S/C16H21N3O/c1-12-8-10-19-16(17)15(12)14(18-2)9-11-20-13-6-4-3-5-7-13/h3-8,10,14,18H,9,11H2,1-2H3,(H2,17,19). The van der Waals surface area contributed by atoms with Crippen LogP contribution in [0.2, 0.25) is 0 Å². The number of nitrogens with one attached hydrogen (secondary N) is 1. The zero-order valence-electron chi connectivity index (χ0n) is 12.0. The molecule has 1 unspecified atom stereocenters. The van der Waals surface area contributed by atoms with Gasteiger partial charge in [0.15, 0.2) is 0 Å². The maximum absolute atomic E-state index is 5.99. The molecule has 1 atom stereocenters. The molecule has 1 heterocycles. The Morgan fingerprint density at radius 1 is 1.25 bits per heavy atom. The molecule has 0 saturated carbocycles. The molecule has 0 spiro atoms. The van der Waals surface area contributed by atoms with Crippen LogP contribution in [0.15, 0.2) is 42.6 Å². The van der Waals surface area contributed by atoms with E-state index in [1.807, 2.05) is 43.4 Å². The number of nitrogens with zero attached hydrogens (tertiary/aromatic N) is 1. The molecular formula is C16H21N3O. The van der Waals surface area contributed by atoms with E-state index in [9.17, 15) is 0 Å². The smallest absolute Gasteiger partial charge is 0.128 e. The van der Waals surface area contributed by atoms with Gasteiger partial charge < -0.3 is 15.8 Å². The van der Waals surface area contributed by atoms with E-state index in [1.54, 1.807) is 6.20 Å². The van der Waals surface area contributed by atoms with E-state index in [4.69, 9.17) is 10.5 Å². The summed E-state index contributed by atoms with van der Waals surface area (Å²) in [5, 5.41) is 3.29. The summed E-state index contributed by atoms with van der Waals surface area (Å²) in [5.74, 6) is 1.47. The largest absolute Gasteiger partial charge is 0.494 e. The molecule has 106 valence electrons. The molecule has 0 amide bonds. The summed E-state index contributed by atoms with van der Waals surface area (Å²) < 4.78 is 5.74. The minimum atomic E-state index is 0.146. The Bertz CT molecular complexity index is 522. The summed E-state index contributed by atoms with van der Waals surface area (Å²) >= 11 is 0. The first kappa shape index (κ1) is 14.3. The van der Waals surface area contributed by atoms with Gasteiger partial charge in [0, 0.05) is 24.2 Å². The maximum atomic E-state index is 5.99. The predicted octanol–water partition coefficient (Wildman–Crippen LogP) is 2.70. The van der Waals surface area contributed by atoms with E-state index in [-0.39, 0.29) is 6.04 Å².